The van der Waals surface area contributed by atoms with Gasteiger partial charge in [0.05, 0.1) is 0 Å². The van der Waals surface area contributed by atoms with Crippen LogP contribution in [0.25, 0.3) is 0 Å². The third kappa shape index (κ3) is 4.03. The largest absolute Gasteiger partial charge is 0.377 e. The summed E-state index contributed by atoms with van der Waals surface area (Å²) in [6, 6.07) is 8.67. The second-order valence-electron chi connectivity index (χ2n) is 6.42. The molecule has 5 nitrogen and oxygen atoms in total. The molecule has 0 atom stereocenters. The average molecular weight is 326 g/mol. The maximum Gasteiger partial charge on any atom is 0.156 e. The molecule has 1 aliphatic rings. The van der Waals surface area contributed by atoms with Crippen molar-refractivity contribution in [2.24, 2.45) is 0 Å². The summed E-state index contributed by atoms with van der Waals surface area (Å²) >= 11 is 0. The van der Waals surface area contributed by atoms with Crippen LogP contribution in [0.5, 0.6) is 0 Å². The number of hydrogen-bond donors (Lipinski definition) is 1. The lowest BCUT2D eigenvalue weighted by atomic mass is 10.1. The van der Waals surface area contributed by atoms with E-state index in [4.69, 9.17) is 4.74 Å². The number of methoxy groups -OCH3 is 1. The molecule has 0 bridgehead atoms. The van der Waals surface area contributed by atoms with Crippen molar-refractivity contribution in [2.75, 3.05) is 30.4 Å². The van der Waals surface area contributed by atoms with Crippen molar-refractivity contribution in [3.63, 3.8) is 0 Å². The predicted octanol–water partition coefficient (Wildman–Crippen LogP) is 3.45. The van der Waals surface area contributed by atoms with Crippen LogP contribution in [0, 0.1) is 13.8 Å². The Morgan fingerprint density at radius 3 is 2.67 bits per heavy atom. The quantitative estimate of drug-likeness (QED) is 0.881. The van der Waals surface area contributed by atoms with E-state index in [1.807, 2.05) is 13.0 Å². The van der Waals surface area contributed by atoms with E-state index in [9.17, 15) is 0 Å². The molecule has 128 valence electrons. The van der Waals surface area contributed by atoms with Crippen molar-refractivity contribution in [1.82, 2.24) is 9.97 Å². The van der Waals surface area contributed by atoms with Gasteiger partial charge in [-0.2, -0.15) is 0 Å². The third-order valence-electron chi connectivity index (χ3n) is 4.32. The summed E-state index contributed by atoms with van der Waals surface area (Å²) in [6.45, 7) is 7.63. The van der Waals surface area contributed by atoms with Gasteiger partial charge in [-0.1, -0.05) is 12.1 Å². The van der Waals surface area contributed by atoms with E-state index in [-0.39, 0.29) is 0 Å². The van der Waals surface area contributed by atoms with Crippen LogP contribution in [0.2, 0.25) is 0 Å². The number of aryl methyl sites for hydroxylation is 2. The van der Waals surface area contributed by atoms with Gasteiger partial charge in [0.15, 0.2) is 5.82 Å². The molecule has 5 heteroatoms. The van der Waals surface area contributed by atoms with Crippen molar-refractivity contribution in [3.8, 4) is 0 Å². The van der Waals surface area contributed by atoms with Gasteiger partial charge in [-0.15, -0.1) is 0 Å². The zero-order valence-corrected chi connectivity index (χ0v) is 14.8. The van der Waals surface area contributed by atoms with Crippen LogP contribution in [0.15, 0.2) is 24.3 Å². The lowest BCUT2D eigenvalue weighted by Crippen LogP contribution is -2.20. The summed E-state index contributed by atoms with van der Waals surface area (Å²) in [6.07, 6.45) is 2.57. The molecule has 1 aliphatic heterocycles. The molecule has 2 heterocycles. The summed E-state index contributed by atoms with van der Waals surface area (Å²) < 4.78 is 5.14. The molecule has 1 N–H and O–H groups in total. The van der Waals surface area contributed by atoms with Gasteiger partial charge in [0.2, 0.25) is 0 Å². The van der Waals surface area contributed by atoms with E-state index >= 15 is 0 Å². The van der Waals surface area contributed by atoms with Crippen molar-refractivity contribution in [3.05, 3.63) is 46.9 Å². The van der Waals surface area contributed by atoms with Crippen LogP contribution in [0.1, 0.15) is 35.5 Å². The van der Waals surface area contributed by atoms with Gasteiger partial charge in [-0.25, -0.2) is 9.97 Å². The zero-order chi connectivity index (χ0) is 16.9. The van der Waals surface area contributed by atoms with Crippen molar-refractivity contribution >= 4 is 11.5 Å². The van der Waals surface area contributed by atoms with E-state index in [1.54, 1.807) is 7.11 Å². The SMILES string of the molecule is COCc1nc(C)cc(NCc2ccc(C)cc2N2CCCC2)n1. The van der Waals surface area contributed by atoms with Crippen LogP contribution < -0.4 is 10.2 Å². The maximum atomic E-state index is 5.14. The minimum atomic E-state index is 0.430. The van der Waals surface area contributed by atoms with Crippen molar-refractivity contribution in [1.29, 1.82) is 0 Å². The predicted molar refractivity (Wildman–Crippen MR) is 97.4 cm³/mol. The summed E-state index contributed by atoms with van der Waals surface area (Å²) in [5.41, 5.74) is 4.92. The molecule has 0 radical (unpaired) electrons. The molecule has 0 saturated carbocycles. The van der Waals surface area contributed by atoms with Gasteiger partial charge < -0.3 is 15.0 Å². The van der Waals surface area contributed by atoms with Gasteiger partial charge in [-0.3, -0.25) is 0 Å². The Kier molecular flexibility index (Phi) is 5.30. The monoisotopic (exact) mass is 326 g/mol. The number of ether oxygens (including phenoxy) is 1. The maximum absolute atomic E-state index is 5.14. The van der Waals surface area contributed by atoms with Crippen LogP contribution in [0.4, 0.5) is 11.5 Å². The molecule has 1 aromatic heterocycles. The molecule has 1 saturated heterocycles. The zero-order valence-electron chi connectivity index (χ0n) is 14.8. The number of hydrogen-bond acceptors (Lipinski definition) is 5. The van der Waals surface area contributed by atoms with Gasteiger partial charge in [0.1, 0.15) is 12.4 Å². The first-order valence-corrected chi connectivity index (χ1v) is 8.57. The Labute approximate surface area is 144 Å². The Morgan fingerprint density at radius 1 is 1.12 bits per heavy atom. The highest BCUT2D eigenvalue weighted by molar-refractivity contribution is 5.57. The fourth-order valence-electron chi connectivity index (χ4n) is 3.18. The number of rotatable bonds is 6. The summed E-state index contributed by atoms with van der Waals surface area (Å²) in [4.78, 5) is 11.4. The fourth-order valence-corrected chi connectivity index (χ4v) is 3.18. The second kappa shape index (κ2) is 7.62. The van der Waals surface area contributed by atoms with Crippen LogP contribution >= 0.6 is 0 Å². The van der Waals surface area contributed by atoms with E-state index in [2.05, 4.69) is 45.3 Å². The Hall–Kier alpha value is -2.14. The summed E-state index contributed by atoms with van der Waals surface area (Å²) in [5, 5.41) is 3.45. The van der Waals surface area contributed by atoms with E-state index < -0.39 is 0 Å². The van der Waals surface area contributed by atoms with E-state index in [0.29, 0.717) is 12.4 Å². The molecule has 24 heavy (non-hydrogen) atoms. The molecule has 1 fully saturated rings. The number of nitrogens with one attached hydrogen (secondary N) is 1. The normalized spacial score (nSPS) is 14.2. The number of aromatic nitrogens is 2. The smallest absolute Gasteiger partial charge is 0.156 e. The Morgan fingerprint density at radius 2 is 1.92 bits per heavy atom. The second-order valence-corrected chi connectivity index (χ2v) is 6.42. The minimum Gasteiger partial charge on any atom is -0.377 e. The molecule has 0 aliphatic carbocycles. The van der Waals surface area contributed by atoms with Gasteiger partial charge in [-0.05, 0) is 43.9 Å². The first-order valence-electron chi connectivity index (χ1n) is 8.57. The third-order valence-corrected chi connectivity index (χ3v) is 4.32. The van der Waals surface area contributed by atoms with Crippen LogP contribution in [-0.4, -0.2) is 30.2 Å². The molecule has 0 spiro atoms. The lowest BCUT2D eigenvalue weighted by Gasteiger charge is -2.22. The molecule has 1 aromatic carbocycles. The highest BCUT2D eigenvalue weighted by atomic mass is 16.5. The van der Waals surface area contributed by atoms with Crippen LogP contribution in [0.3, 0.4) is 0 Å². The number of anilines is 2. The molecule has 0 unspecified atom stereocenters. The van der Waals surface area contributed by atoms with Crippen LogP contribution in [-0.2, 0) is 17.9 Å². The topological polar surface area (TPSA) is 50.3 Å². The van der Waals surface area contributed by atoms with Gasteiger partial charge in [0.25, 0.3) is 0 Å². The average Bonchev–Trinajstić information content (AvgIpc) is 3.08. The number of nitrogens with zero attached hydrogens (tertiary/aromatic N) is 3. The van der Waals surface area contributed by atoms with E-state index in [1.165, 1.54) is 29.7 Å². The number of benzene rings is 1. The molecule has 3 rings (SSSR count). The molecular weight excluding hydrogens is 300 g/mol. The Balaban J connectivity index is 1.77. The Bertz CT molecular complexity index is 696. The van der Waals surface area contributed by atoms with Gasteiger partial charge in [0, 0.05) is 44.2 Å². The van der Waals surface area contributed by atoms with Crippen molar-refractivity contribution in [2.45, 2.75) is 39.8 Å². The minimum absolute atomic E-state index is 0.430. The molecule has 2 aromatic rings. The first kappa shape index (κ1) is 16.7. The highest BCUT2D eigenvalue weighted by Crippen LogP contribution is 2.26. The standard InChI is InChI=1S/C19H26N4O/c1-14-6-7-16(17(10-14)23-8-4-5-9-23)12-20-18-11-15(2)21-19(22-18)13-24-3/h6-7,10-11H,4-5,8-9,12-13H2,1-3H3,(H,20,21,22). The summed E-state index contributed by atoms with van der Waals surface area (Å²) in [7, 11) is 1.66. The summed E-state index contributed by atoms with van der Waals surface area (Å²) in [5.74, 6) is 1.56. The van der Waals surface area contributed by atoms with Crippen molar-refractivity contribution < 1.29 is 4.74 Å². The van der Waals surface area contributed by atoms with Gasteiger partial charge >= 0.3 is 0 Å². The molecule has 0 amide bonds. The highest BCUT2D eigenvalue weighted by Gasteiger charge is 2.16. The first-order chi connectivity index (χ1) is 11.7. The molecular formula is C19H26N4O. The lowest BCUT2D eigenvalue weighted by molar-refractivity contribution is 0.177. The fraction of sp³-hybridized carbons (Fsp3) is 0.474. The van der Waals surface area contributed by atoms with E-state index in [0.717, 1.165) is 31.1 Å².